The standard InChI is InChI=1S/C28H31ClFN5O3/c1-28-16-20-19-14-21(29)22(30)15-23(19)31-24(20)25(17-5-3-6-18(36)13-17)35(28)27(38)34(26(28)37)8-4-7-33-11-9-32(2)10-12-33/h3,5-6,13-15,25,31,36H,4,7-12,16H2,1-2H3. The topological polar surface area (TPSA) is 83.1 Å². The SMILES string of the molecule is CN1CCN(CCCN2C(=O)N3C(c4cccc(O)c4)c4[nH]c5cc(F)c(Cl)cc5c4CC3(C)C2=O)CC1. The van der Waals surface area contributed by atoms with Gasteiger partial charge in [-0.2, -0.15) is 0 Å². The van der Waals surface area contributed by atoms with Crippen molar-refractivity contribution in [3.05, 3.63) is 64.1 Å². The van der Waals surface area contributed by atoms with E-state index in [1.54, 1.807) is 36.1 Å². The summed E-state index contributed by atoms with van der Waals surface area (Å²) in [4.78, 5) is 38.9. The van der Waals surface area contributed by atoms with Crippen molar-refractivity contribution in [1.82, 2.24) is 24.6 Å². The summed E-state index contributed by atoms with van der Waals surface area (Å²) in [5, 5.41) is 11.0. The summed E-state index contributed by atoms with van der Waals surface area (Å²) < 4.78 is 14.3. The van der Waals surface area contributed by atoms with E-state index in [2.05, 4.69) is 21.8 Å². The highest BCUT2D eigenvalue weighted by molar-refractivity contribution is 6.31. The van der Waals surface area contributed by atoms with Crippen molar-refractivity contribution in [2.24, 2.45) is 0 Å². The molecule has 2 N–H and O–H groups in total. The molecule has 0 spiro atoms. The first kappa shape index (κ1) is 25.2. The molecule has 3 aliphatic heterocycles. The van der Waals surface area contributed by atoms with Crippen LogP contribution in [0, 0.1) is 5.82 Å². The van der Waals surface area contributed by atoms with Crippen molar-refractivity contribution in [3.63, 3.8) is 0 Å². The molecule has 0 bridgehead atoms. The van der Waals surface area contributed by atoms with Crippen LogP contribution in [0.15, 0.2) is 36.4 Å². The van der Waals surface area contributed by atoms with E-state index in [0.717, 1.165) is 43.7 Å². The zero-order valence-electron chi connectivity index (χ0n) is 21.5. The van der Waals surface area contributed by atoms with Gasteiger partial charge in [0.15, 0.2) is 0 Å². The monoisotopic (exact) mass is 539 g/mol. The van der Waals surface area contributed by atoms with Gasteiger partial charge in [-0.15, -0.1) is 0 Å². The van der Waals surface area contributed by atoms with Crippen LogP contribution < -0.4 is 0 Å². The lowest BCUT2D eigenvalue weighted by atomic mass is 9.81. The maximum Gasteiger partial charge on any atom is 0.328 e. The number of nitrogens with zero attached hydrogens (tertiary/aromatic N) is 4. The minimum absolute atomic E-state index is 0.000135. The van der Waals surface area contributed by atoms with E-state index in [9.17, 15) is 19.1 Å². The Morgan fingerprint density at radius 3 is 2.63 bits per heavy atom. The van der Waals surface area contributed by atoms with Crippen molar-refractivity contribution in [3.8, 4) is 5.75 Å². The molecule has 200 valence electrons. The Kier molecular flexibility index (Phi) is 6.13. The summed E-state index contributed by atoms with van der Waals surface area (Å²) in [6.45, 7) is 6.95. The quantitative estimate of drug-likeness (QED) is 0.479. The summed E-state index contributed by atoms with van der Waals surface area (Å²) in [5.41, 5.74) is 1.61. The van der Waals surface area contributed by atoms with E-state index in [4.69, 9.17) is 11.6 Å². The first-order chi connectivity index (χ1) is 18.2. The number of hydrogen-bond acceptors (Lipinski definition) is 5. The molecule has 3 aromatic rings. The van der Waals surface area contributed by atoms with E-state index in [0.29, 0.717) is 29.7 Å². The van der Waals surface area contributed by atoms with E-state index in [1.165, 1.54) is 11.0 Å². The third kappa shape index (κ3) is 3.95. The molecular weight excluding hydrogens is 509 g/mol. The lowest BCUT2D eigenvalue weighted by Crippen LogP contribution is -2.53. The predicted molar refractivity (Wildman–Crippen MR) is 143 cm³/mol. The molecule has 2 fully saturated rings. The molecule has 6 rings (SSSR count). The average molecular weight is 540 g/mol. The summed E-state index contributed by atoms with van der Waals surface area (Å²) in [6, 6.07) is 8.62. The van der Waals surface area contributed by atoms with Crippen molar-refractivity contribution < 1.29 is 19.1 Å². The van der Waals surface area contributed by atoms with Crippen molar-refractivity contribution >= 4 is 34.4 Å². The number of phenolic OH excluding ortho intramolecular Hbond substituents is 1. The molecule has 10 heteroatoms. The summed E-state index contributed by atoms with van der Waals surface area (Å²) in [5.74, 6) is -0.722. The number of fused-ring (bicyclic) bond motifs is 4. The number of halogens is 2. The number of rotatable bonds is 5. The second-order valence-corrected chi connectivity index (χ2v) is 11.3. The fraction of sp³-hybridized carbons (Fsp3) is 0.429. The fourth-order valence-corrected chi connectivity index (χ4v) is 6.44. The Morgan fingerprint density at radius 2 is 1.89 bits per heavy atom. The average Bonchev–Trinajstić information content (AvgIpc) is 3.31. The second kappa shape index (κ2) is 9.25. The van der Waals surface area contributed by atoms with Crippen LogP contribution in [0.2, 0.25) is 5.02 Å². The van der Waals surface area contributed by atoms with Crippen molar-refractivity contribution in [1.29, 1.82) is 0 Å². The number of H-pyrrole nitrogens is 1. The van der Waals surface area contributed by atoms with Gasteiger partial charge in [0.1, 0.15) is 23.1 Å². The smallest absolute Gasteiger partial charge is 0.328 e. The Morgan fingerprint density at radius 1 is 1.13 bits per heavy atom. The highest BCUT2D eigenvalue weighted by Gasteiger charge is 2.60. The van der Waals surface area contributed by atoms with Gasteiger partial charge in [-0.3, -0.25) is 14.6 Å². The van der Waals surface area contributed by atoms with E-state index in [-0.39, 0.29) is 29.1 Å². The second-order valence-electron chi connectivity index (χ2n) is 10.9. The van der Waals surface area contributed by atoms with E-state index in [1.807, 2.05) is 6.07 Å². The van der Waals surface area contributed by atoms with E-state index >= 15 is 0 Å². The van der Waals surface area contributed by atoms with Crippen LogP contribution >= 0.6 is 11.6 Å². The molecule has 8 nitrogen and oxygen atoms in total. The number of carbonyl (C=O) groups excluding carboxylic acids is 2. The number of likely N-dealkylation sites (N-methyl/N-ethyl adjacent to an activating group) is 1. The number of piperazine rings is 1. The number of urea groups is 1. The summed E-state index contributed by atoms with van der Waals surface area (Å²) in [6.07, 6.45) is 0.976. The van der Waals surface area contributed by atoms with Gasteiger partial charge < -0.3 is 19.9 Å². The molecule has 2 unspecified atom stereocenters. The first-order valence-corrected chi connectivity index (χ1v) is 13.4. The van der Waals surface area contributed by atoms with Crippen LogP contribution in [0.5, 0.6) is 5.75 Å². The normalized spacial score (nSPS) is 24.4. The molecule has 0 saturated carbocycles. The Balaban J connectivity index is 1.37. The molecule has 38 heavy (non-hydrogen) atoms. The lowest BCUT2D eigenvalue weighted by Gasteiger charge is -2.42. The number of nitrogens with one attached hydrogen (secondary N) is 1. The van der Waals surface area contributed by atoms with Crippen LogP contribution in [-0.2, 0) is 11.2 Å². The largest absolute Gasteiger partial charge is 0.508 e. The van der Waals surface area contributed by atoms with Gasteiger partial charge in [0.05, 0.1) is 5.02 Å². The third-order valence-electron chi connectivity index (χ3n) is 8.35. The van der Waals surface area contributed by atoms with Crippen LogP contribution in [0.25, 0.3) is 10.9 Å². The number of phenols is 1. The number of aromatic amines is 1. The molecule has 2 atom stereocenters. The third-order valence-corrected chi connectivity index (χ3v) is 8.63. The fourth-order valence-electron chi connectivity index (χ4n) is 6.27. The van der Waals surface area contributed by atoms with Gasteiger partial charge in [-0.25, -0.2) is 9.18 Å². The number of imide groups is 1. The van der Waals surface area contributed by atoms with Crippen LogP contribution in [0.3, 0.4) is 0 Å². The molecule has 1 aromatic heterocycles. The van der Waals surface area contributed by atoms with Crippen LogP contribution in [0.4, 0.5) is 9.18 Å². The Labute approximate surface area is 225 Å². The zero-order valence-corrected chi connectivity index (χ0v) is 22.3. The lowest BCUT2D eigenvalue weighted by molar-refractivity contribution is -0.133. The zero-order chi connectivity index (χ0) is 26.8. The molecular formula is C28H31ClFN5O3. The highest BCUT2D eigenvalue weighted by Crippen LogP contribution is 2.49. The van der Waals surface area contributed by atoms with Gasteiger partial charge in [-0.1, -0.05) is 23.7 Å². The van der Waals surface area contributed by atoms with Gasteiger partial charge >= 0.3 is 6.03 Å². The maximum atomic E-state index is 14.3. The van der Waals surface area contributed by atoms with Gasteiger partial charge in [0.25, 0.3) is 5.91 Å². The van der Waals surface area contributed by atoms with Gasteiger partial charge in [0.2, 0.25) is 0 Å². The maximum absolute atomic E-state index is 14.3. The Bertz CT molecular complexity index is 1440. The summed E-state index contributed by atoms with van der Waals surface area (Å²) in [7, 11) is 2.11. The predicted octanol–water partition coefficient (Wildman–Crippen LogP) is 3.97. The molecule has 0 aliphatic carbocycles. The molecule has 3 aliphatic rings. The van der Waals surface area contributed by atoms with Crippen molar-refractivity contribution in [2.45, 2.75) is 31.3 Å². The molecule has 2 aromatic carbocycles. The first-order valence-electron chi connectivity index (χ1n) is 13.0. The van der Waals surface area contributed by atoms with Crippen LogP contribution in [-0.4, -0.2) is 93.5 Å². The minimum atomic E-state index is -1.13. The number of benzene rings is 2. The van der Waals surface area contributed by atoms with Crippen LogP contribution in [0.1, 0.15) is 36.2 Å². The molecule has 4 heterocycles. The minimum Gasteiger partial charge on any atom is -0.508 e. The summed E-state index contributed by atoms with van der Waals surface area (Å²) >= 11 is 6.14. The number of aromatic hydroxyl groups is 1. The van der Waals surface area contributed by atoms with Gasteiger partial charge in [-0.05, 0) is 62.3 Å². The number of aromatic nitrogens is 1. The number of carbonyl (C=O) groups is 2. The van der Waals surface area contributed by atoms with Crippen molar-refractivity contribution in [2.75, 3.05) is 46.3 Å². The highest BCUT2D eigenvalue weighted by atomic mass is 35.5. The van der Waals surface area contributed by atoms with Gasteiger partial charge in [0, 0.05) is 55.7 Å². The number of hydrogen-bond donors (Lipinski definition) is 2. The molecule has 3 amide bonds. The molecule has 2 saturated heterocycles. The van der Waals surface area contributed by atoms with E-state index < -0.39 is 17.4 Å². The molecule has 0 radical (unpaired) electrons. The Hall–Kier alpha value is -3.14. The number of amides is 3.